The monoisotopic (exact) mass is 379 g/mol. The van der Waals surface area contributed by atoms with E-state index in [1.807, 2.05) is 0 Å². The van der Waals surface area contributed by atoms with Gasteiger partial charge in [-0.1, -0.05) is 0 Å². The van der Waals surface area contributed by atoms with Gasteiger partial charge in [0, 0.05) is 31.1 Å². The SMILES string of the molecule is CC(C)(C)OC(=O)N1CC[C@H](C(N)C(=O)OCc2ccc([N+](=O)[O-])cc2)C1. The maximum atomic E-state index is 12.2. The number of carbonyl (C=O) groups excluding carboxylic acids is 2. The lowest BCUT2D eigenvalue weighted by atomic mass is 10.00. The van der Waals surface area contributed by atoms with Crippen molar-refractivity contribution in [1.82, 2.24) is 4.90 Å². The van der Waals surface area contributed by atoms with Crippen LogP contribution in [0.3, 0.4) is 0 Å². The topological polar surface area (TPSA) is 125 Å². The first-order chi connectivity index (χ1) is 12.6. The van der Waals surface area contributed by atoms with E-state index in [1.54, 1.807) is 25.7 Å². The van der Waals surface area contributed by atoms with Gasteiger partial charge in [0.15, 0.2) is 0 Å². The van der Waals surface area contributed by atoms with E-state index < -0.39 is 28.6 Å². The number of amides is 1. The number of hydrogen-bond donors (Lipinski definition) is 1. The molecular weight excluding hydrogens is 354 g/mol. The Morgan fingerprint density at radius 2 is 1.96 bits per heavy atom. The quantitative estimate of drug-likeness (QED) is 0.472. The van der Waals surface area contributed by atoms with E-state index in [9.17, 15) is 19.7 Å². The molecule has 0 aliphatic carbocycles. The normalized spacial score (nSPS) is 18.1. The van der Waals surface area contributed by atoms with Crippen LogP contribution in [-0.2, 0) is 20.9 Å². The minimum atomic E-state index is -0.851. The van der Waals surface area contributed by atoms with Crippen LogP contribution >= 0.6 is 0 Å². The van der Waals surface area contributed by atoms with Gasteiger partial charge in [0.05, 0.1) is 4.92 Å². The summed E-state index contributed by atoms with van der Waals surface area (Å²) in [5, 5.41) is 10.6. The number of non-ortho nitro benzene ring substituents is 1. The third kappa shape index (κ3) is 5.92. The minimum absolute atomic E-state index is 0.0208. The van der Waals surface area contributed by atoms with Gasteiger partial charge in [0.1, 0.15) is 18.2 Å². The summed E-state index contributed by atoms with van der Waals surface area (Å²) in [7, 11) is 0. The van der Waals surface area contributed by atoms with Gasteiger partial charge in [0.25, 0.3) is 5.69 Å². The Bertz CT molecular complexity index is 698. The van der Waals surface area contributed by atoms with Crippen LogP contribution in [0.25, 0.3) is 0 Å². The Morgan fingerprint density at radius 1 is 1.33 bits per heavy atom. The highest BCUT2D eigenvalue weighted by Gasteiger charge is 2.36. The van der Waals surface area contributed by atoms with Crippen molar-refractivity contribution in [3.05, 3.63) is 39.9 Å². The molecule has 2 N–H and O–H groups in total. The molecule has 0 saturated carbocycles. The van der Waals surface area contributed by atoms with Crippen molar-refractivity contribution in [2.45, 2.75) is 45.4 Å². The number of nitrogens with zero attached hydrogens (tertiary/aromatic N) is 2. The summed E-state index contributed by atoms with van der Waals surface area (Å²) < 4.78 is 10.5. The van der Waals surface area contributed by atoms with Crippen molar-refractivity contribution in [3.63, 3.8) is 0 Å². The van der Waals surface area contributed by atoms with E-state index in [0.717, 1.165) is 0 Å². The zero-order chi connectivity index (χ0) is 20.2. The van der Waals surface area contributed by atoms with Crippen LogP contribution in [0.5, 0.6) is 0 Å². The molecule has 1 aliphatic rings. The number of nitro benzene ring substituents is 1. The predicted octanol–water partition coefficient (Wildman–Crippen LogP) is 2.22. The number of rotatable bonds is 5. The highest BCUT2D eigenvalue weighted by molar-refractivity contribution is 5.76. The lowest BCUT2D eigenvalue weighted by Gasteiger charge is -2.25. The second kappa shape index (κ2) is 8.34. The van der Waals surface area contributed by atoms with Gasteiger partial charge in [0.2, 0.25) is 0 Å². The number of esters is 1. The zero-order valence-corrected chi connectivity index (χ0v) is 15.7. The summed E-state index contributed by atoms with van der Waals surface area (Å²) in [6.45, 7) is 6.16. The first-order valence-corrected chi connectivity index (χ1v) is 8.70. The van der Waals surface area contributed by atoms with Gasteiger partial charge in [-0.2, -0.15) is 0 Å². The molecule has 0 aromatic heterocycles. The Morgan fingerprint density at radius 3 is 2.52 bits per heavy atom. The molecule has 1 aromatic carbocycles. The highest BCUT2D eigenvalue weighted by Crippen LogP contribution is 2.22. The van der Waals surface area contributed by atoms with Crippen LogP contribution in [-0.4, -0.2) is 46.6 Å². The molecule has 2 rings (SSSR count). The number of nitro groups is 1. The largest absolute Gasteiger partial charge is 0.460 e. The van der Waals surface area contributed by atoms with E-state index >= 15 is 0 Å². The van der Waals surface area contributed by atoms with Gasteiger partial charge >= 0.3 is 12.1 Å². The third-order valence-electron chi connectivity index (χ3n) is 4.18. The average molecular weight is 379 g/mol. The van der Waals surface area contributed by atoms with E-state index in [0.29, 0.717) is 25.1 Å². The fourth-order valence-corrected chi connectivity index (χ4v) is 2.73. The molecule has 1 aliphatic heterocycles. The van der Waals surface area contributed by atoms with Crippen molar-refractivity contribution in [2.24, 2.45) is 11.7 Å². The van der Waals surface area contributed by atoms with Crippen LogP contribution < -0.4 is 5.73 Å². The van der Waals surface area contributed by atoms with E-state index in [-0.39, 0.29) is 18.2 Å². The van der Waals surface area contributed by atoms with Crippen molar-refractivity contribution in [2.75, 3.05) is 13.1 Å². The van der Waals surface area contributed by atoms with Gasteiger partial charge in [-0.3, -0.25) is 14.9 Å². The molecule has 1 saturated heterocycles. The highest BCUT2D eigenvalue weighted by atomic mass is 16.6. The molecule has 0 bridgehead atoms. The van der Waals surface area contributed by atoms with Gasteiger partial charge in [-0.15, -0.1) is 0 Å². The lowest BCUT2D eigenvalue weighted by Crippen LogP contribution is -2.42. The first-order valence-electron chi connectivity index (χ1n) is 8.70. The summed E-state index contributed by atoms with van der Waals surface area (Å²) in [6, 6.07) is 4.89. The molecular formula is C18H25N3O6. The van der Waals surface area contributed by atoms with E-state index in [1.165, 1.54) is 24.3 Å². The molecule has 2 atom stereocenters. The van der Waals surface area contributed by atoms with Crippen LogP contribution in [0.4, 0.5) is 10.5 Å². The fourth-order valence-electron chi connectivity index (χ4n) is 2.73. The molecule has 0 radical (unpaired) electrons. The molecule has 9 heteroatoms. The maximum Gasteiger partial charge on any atom is 0.410 e. The molecule has 1 unspecified atom stereocenters. The Balaban J connectivity index is 1.83. The summed E-state index contributed by atoms with van der Waals surface area (Å²) in [4.78, 5) is 36.0. The van der Waals surface area contributed by atoms with Crippen molar-refractivity contribution >= 4 is 17.7 Å². The predicted molar refractivity (Wildman–Crippen MR) is 96.8 cm³/mol. The summed E-state index contributed by atoms with van der Waals surface area (Å²) in [5.41, 5.74) is 6.01. The third-order valence-corrected chi connectivity index (χ3v) is 4.18. The Hall–Kier alpha value is -2.68. The van der Waals surface area contributed by atoms with Crippen LogP contribution in [0.2, 0.25) is 0 Å². The Labute approximate surface area is 157 Å². The standard InChI is InChI=1S/C18H25N3O6/c1-18(2,3)27-17(23)20-9-8-13(10-20)15(19)16(22)26-11-12-4-6-14(7-5-12)21(24)25/h4-7,13,15H,8-11,19H2,1-3H3/t13-,15?/m0/s1. The number of carbonyl (C=O) groups is 2. The van der Waals surface area contributed by atoms with Crippen LogP contribution in [0.1, 0.15) is 32.8 Å². The zero-order valence-electron chi connectivity index (χ0n) is 15.7. The lowest BCUT2D eigenvalue weighted by molar-refractivity contribution is -0.384. The molecule has 1 amide bonds. The van der Waals surface area contributed by atoms with Gasteiger partial charge < -0.3 is 20.1 Å². The van der Waals surface area contributed by atoms with Gasteiger partial charge in [-0.25, -0.2) is 4.79 Å². The average Bonchev–Trinajstić information content (AvgIpc) is 3.08. The van der Waals surface area contributed by atoms with Crippen molar-refractivity contribution < 1.29 is 24.0 Å². The molecule has 1 aromatic rings. The summed E-state index contributed by atoms with van der Waals surface area (Å²) in [6.07, 6.45) is 0.170. The molecule has 27 heavy (non-hydrogen) atoms. The first kappa shape index (κ1) is 20.6. The fraction of sp³-hybridized carbons (Fsp3) is 0.556. The van der Waals surface area contributed by atoms with Crippen molar-refractivity contribution in [1.29, 1.82) is 0 Å². The van der Waals surface area contributed by atoms with Crippen molar-refractivity contribution in [3.8, 4) is 0 Å². The number of benzene rings is 1. The number of ether oxygens (including phenoxy) is 2. The smallest absolute Gasteiger partial charge is 0.410 e. The van der Waals surface area contributed by atoms with E-state index in [2.05, 4.69) is 0 Å². The van der Waals surface area contributed by atoms with Crippen LogP contribution in [0.15, 0.2) is 24.3 Å². The number of hydrogen-bond acceptors (Lipinski definition) is 7. The molecule has 9 nitrogen and oxygen atoms in total. The van der Waals surface area contributed by atoms with E-state index in [4.69, 9.17) is 15.2 Å². The second-order valence-corrected chi connectivity index (χ2v) is 7.53. The molecule has 1 fully saturated rings. The van der Waals surface area contributed by atoms with Crippen LogP contribution in [0, 0.1) is 16.0 Å². The second-order valence-electron chi connectivity index (χ2n) is 7.53. The summed E-state index contributed by atoms with van der Waals surface area (Å²) in [5.74, 6) is -0.772. The molecule has 1 heterocycles. The van der Waals surface area contributed by atoms with Gasteiger partial charge in [-0.05, 0) is 44.9 Å². The summed E-state index contributed by atoms with van der Waals surface area (Å²) >= 11 is 0. The molecule has 148 valence electrons. The Kier molecular flexibility index (Phi) is 6.37. The maximum absolute atomic E-state index is 12.2. The molecule has 0 spiro atoms. The number of likely N-dealkylation sites (tertiary alicyclic amines) is 1. The minimum Gasteiger partial charge on any atom is -0.460 e. The number of nitrogens with two attached hydrogens (primary N) is 1.